The molecule has 0 unspecified atom stereocenters. The van der Waals surface area contributed by atoms with Gasteiger partial charge in [-0.3, -0.25) is 4.84 Å². The molecular formula is C7H17NO3. The first kappa shape index (κ1) is 10.8. The first-order valence-corrected chi connectivity index (χ1v) is 3.83. The van der Waals surface area contributed by atoms with E-state index < -0.39 is 0 Å². The van der Waals surface area contributed by atoms with E-state index in [2.05, 4.69) is 5.48 Å². The molecule has 0 saturated carbocycles. The van der Waals surface area contributed by atoms with Gasteiger partial charge in [-0.05, 0) is 13.8 Å². The topological polar surface area (TPSA) is 50.7 Å². The predicted molar refractivity (Wildman–Crippen MR) is 42.1 cm³/mol. The third-order valence-corrected chi connectivity index (χ3v) is 0.884. The highest BCUT2D eigenvalue weighted by Crippen LogP contribution is 1.78. The Balaban J connectivity index is 2.80. The first-order chi connectivity index (χ1) is 5.27. The van der Waals surface area contributed by atoms with Crippen LogP contribution in [-0.4, -0.2) is 37.6 Å². The summed E-state index contributed by atoms with van der Waals surface area (Å²) in [6.07, 6.45) is 0. The molecule has 0 fully saturated rings. The Bertz CT molecular complexity index is 78.1. The summed E-state index contributed by atoms with van der Waals surface area (Å²) in [5.74, 6) is 0. The lowest BCUT2D eigenvalue weighted by Crippen LogP contribution is -2.25. The predicted octanol–water partition coefficient (Wildman–Crippen LogP) is -0.0751. The van der Waals surface area contributed by atoms with Gasteiger partial charge in [-0.2, -0.15) is 5.48 Å². The highest BCUT2D eigenvalue weighted by molar-refractivity contribution is 4.39. The van der Waals surface area contributed by atoms with Gasteiger partial charge in [-0.1, -0.05) is 0 Å². The molecule has 2 N–H and O–H groups in total. The number of hydroxylamine groups is 1. The molecule has 0 aromatic heterocycles. The van der Waals surface area contributed by atoms with E-state index in [1.54, 1.807) is 0 Å². The molecule has 0 aliphatic carbocycles. The van der Waals surface area contributed by atoms with Gasteiger partial charge in [0.05, 0.1) is 26.4 Å². The van der Waals surface area contributed by atoms with E-state index in [-0.39, 0.29) is 6.61 Å². The van der Waals surface area contributed by atoms with Crippen molar-refractivity contribution in [3.05, 3.63) is 0 Å². The number of hydrogen-bond donors (Lipinski definition) is 2. The van der Waals surface area contributed by atoms with Gasteiger partial charge >= 0.3 is 0 Å². The third-order valence-electron chi connectivity index (χ3n) is 0.884. The average molecular weight is 163 g/mol. The van der Waals surface area contributed by atoms with Crippen LogP contribution in [0.2, 0.25) is 0 Å². The molecule has 68 valence electrons. The largest absolute Gasteiger partial charge is 0.394 e. The summed E-state index contributed by atoms with van der Waals surface area (Å²) in [7, 11) is 0. The summed E-state index contributed by atoms with van der Waals surface area (Å²) in [6, 6.07) is 0.327. The van der Waals surface area contributed by atoms with Crippen LogP contribution in [0.1, 0.15) is 13.8 Å². The minimum Gasteiger partial charge on any atom is -0.394 e. The van der Waals surface area contributed by atoms with E-state index in [4.69, 9.17) is 14.7 Å². The second-order valence-electron chi connectivity index (χ2n) is 2.46. The van der Waals surface area contributed by atoms with Crippen molar-refractivity contribution in [2.45, 2.75) is 19.9 Å². The summed E-state index contributed by atoms with van der Waals surface area (Å²) in [5.41, 5.74) is 2.78. The van der Waals surface area contributed by atoms with E-state index in [1.807, 2.05) is 13.8 Å². The van der Waals surface area contributed by atoms with Crippen LogP contribution in [0.3, 0.4) is 0 Å². The molecule has 0 aliphatic heterocycles. The van der Waals surface area contributed by atoms with Crippen molar-refractivity contribution in [2.75, 3.05) is 26.4 Å². The zero-order valence-corrected chi connectivity index (χ0v) is 7.17. The fourth-order valence-electron chi connectivity index (χ4n) is 0.493. The molecule has 0 heterocycles. The van der Waals surface area contributed by atoms with Crippen molar-refractivity contribution in [2.24, 2.45) is 0 Å². The van der Waals surface area contributed by atoms with Gasteiger partial charge in [-0.15, -0.1) is 0 Å². The highest BCUT2D eigenvalue weighted by atomic mass is 16.7. The van der Waals surface area contributed by atoms with Gasteiger partial charge in [0, 0.05) is 6.04 Å². The van der Waals surface area contributed by atoms with Crippen molar-refractivity contribution >= 4 is 0 Å². The summed E-state index contributed by atoms with van der Waals surface area (Å²) in [5, 5.41) is 8.33. The van der Waals surface area contributed by atoms with Crippen LogP contribution in [-0.2, 0) is 9.57 Å². The molecular weight excluding hydrogens is 146 g/mol. The summed E-state index contributed by atoms with van der Waals surface area (Å²) >= 11 is 0. The number of nitrogens with one attached hydrogen (secondary N) is 1. The summed E-state index contributed by atoms with van der Waals surface area (Å²) in [6.45, 7) is 5.46. The molecule has 11 heavy (non-hydrogen) atoms. The van der Waals surface area contributed by atoms with Crippen LogP contribution in [0.15, 0.2) is 0 Å². The maximum atomic E-state index is 8.33. The molecule has 0 aromatic rings. The van der Waals surface area contributed by atoms with Crippen LogP contribution >= 0.6 is 0 Å². The van der Waals surface area contributed by atoms with E-state index in [0.29, 0.717) is 25.9 Å². The maximum absolute atomic E-state index is 8.33. The van der Waals surface area contributed by atoms with E-state index in [9.17, 15) is 0 Å². The van der Waals surface area contributed by atoms with Crippen molar-refractivity contribution in [3.63, 3.8) is 0 Å². The quantitative estimate of drug-likeness (QED) is 0.407. The van der Waals surface area contributed by atoms with Crippen molar-refractivity contribution in [1.82, 2.24) is 5.48 Å². The Hall–Kier alpha value is -0.160. The van der Waals surface area contributed by atoms with Crippen molar-refractivity contribution in [1.29, 1.82) is 0 Å². The number of aliphatic hydroxyl groups excluding tert-OH is 1. The Morgan fingerprint density at radius 3 is 2.55 bits per heavy atom. The second-order valence-corrected chi connectivity index (χ2v) is 2.46. The molecule has 4 nitrogen and oxygen atoms in total. The highest BCUT2D eigenvalue weighted by Gasteiger charge is 1.91. The molecule has 0 radical (unpaired) electrons. The van der Waals surface area contributed by atoms with Crippen molar-refractivity contribution < 1.29 is 14.7 Å². The zero-order valence-electron chi connectivity index (χ0n) is 7.17. The zero-order chi connectivity index (χ0) is 8.53. The van der Waals surface area contributed by atoms with E-state index >= 15 is 0 Å². The van der Waals surface area contributed by atoms with Crippen molar-refractivity contribution in [3.8, 4) is 0 Å². The SMILES string of the molecule is CC(C)NOCCOCCO. The van der Waals surface area contributed by atoms with Gasteiger partial charge in [0.1, 0.15) is 0 Å². The van der Waals surface area contributed by atoms with E-state index in [0.717, 1.165) is 0 Å². The van der Waals surface area contributed by atoms with Crippen LogP contribution in [0.5, 0.6) is 0 Å². The standard InChI is InChI=1S/C7H17NO3/c1-7(2)8-11-6-5-10-4-3-9/h7-9H,3-6H2,1-2H3. The van der Waals surface area contributed by atoms with E-state index in [1.165, 1.54) is 0 Å². The number of ether oxygens (including phenoxy) is 1. The lowest BCUT2D eigenvalue weighted by molar-refractivity contribution is -0.0208. The molecule has 4 heteroatoms. The minimum absolute atomic E-state index is 0.0671. The molecule has 0 atom stereocenters. The smallest absolute Gasteiger partial charge is 0.0916 e. The lowest BCUT2D eigenvalue weighted by atomic mass is 10.4. The maximum Gasteiger partial charge on any atom is 0.0916 e. The van der Waals surface area contributed by atoms with Crippen LogP contribution in [0.4, 0.5) is 0 Å². The molecule has 0 spiro atoms. The van der Waals surface area contributed by atoms with Gasteiger partial charge in [0.25, 0.3) is 0 Å². The van der Waals surface area contributed by atoms with Crippen LogP contribution in [0, 0.1) is 0 Å². The number of hydrogen-bond acceptors (Lipinski definition) is 4. The third kappa shape index (κ3) is 9.84. The number of aliphatic hydroxyl groups is 1. The molecule has 0 aromatic carbocycles. The van der Waals surface area contributed by atoms with Crippen LogP contribution in [0.25, 0.3) is 0 Å². The average Bonchev–Trinajstić information content (AvgIpc) is 1.96. The normalized spacial score (nSPS) is 10.9. The van der Waals surface area contributed by atoms with Gasteiger partial charge < -0.3 is 9.84 Å². The molecule has 0 amide bonds. The Morgan fingerprint density at radius 2 is 2.00 bits per heavy atom. The second kappa shape index (κ2) is 7.94. The first-order valence-electron chi connectivity index (χ1n) is 3.83. The Labute approximate surface area is 67.5 Å². The monoisotopic (exact) mass is 163 g/mol. The molecule has 0 saturated heterocycles. The van der Waals surface area contributed by atoms with Gasteiger partial charge in [-0.25, -0.2) is 0 Å². The Morgan fingerprint density at radius 1 is 1.27 bits per heavy atom. The minimum atomic E-state index is 0.0671. The fourth-order valence-corrected chi connectivity index (χ4v) is 0.493. The van der Waals surface area contributed by atoms with Crippen LogP contribution < -0.4 is 5.48 Å². The molecule has 0 rings (SSSR count). The summed E-state index contributed by atoms with van der Waals surface area (Å²) in [4.78, 5) is 4.98. The number of rotatable bonds is 7. The lowest BCUT2D eigenvalue weighted by Gasteiger charge is -2.08. The van der Waals surface area contributed by atoms with Gasteiger partial charge in [0.2, 0.25) is 0 Å². The Kier molecular flexibility index (Phi) is 7.83. The fraction of sp³-hybridized carbons (Fsp3) is 1.00. The molecule has 0 aliphatic rings. The molecule has 0 bridgehead atoms. The summed E-state index contributed by atoms with van der Waals surface area (Å²) < 4.78 is 4.95. The van der Waals surface area contributed by atoms with Gasteiger partial charge in [0.15, 0.2) is 0 Å².